The Balaban J connectivity index is 3.41. The minimum atomic E-state index is -1.01. The van der Waals surface area contributed by atoms with Crippen molar-refractivity contribution in [1.82, 2.24) is 0 Å². The molecule has 0 aliphatic carbocycles. The molecule has 0 heterocycles. The van der Waals surface area contributed by atoms with E-state index in [-0.39, 0.29) is 0 Å². The summed E-state index contributed by atoms with van der Waals surface area (Å²) in [5.41, 5.74) is 2.32. The van der Waals surface area contributed by atoms with Crippen molar-refractivity contribution in [2.24, 2.45) is 0 Å². The van der Waals surface area contributed by atoms with Crippen LogP contribution in [0.1, 0.15) is 13.3 Å². The van der Waals surface area contributed by atoms with E-state index in [1.54, 1.807) is 0 Å². The summed E-state index contributed by atoms with van der Waals surface area (Å²) >= 11 is 3.53. The summed E-state index contributed by atoms with van der Waals surface area (Å²) in [6.07, 6.45) is 3.28. The summed E-state index contributed by atoms with van der Waals surface area (Å²) in [5, 5.41) is 0. The molecule has 0 rings (SSSR count). The van der Waals surface area contributed by atoms with E-state index in [1.165, 1.54) is 0 Å². The van der Waals surface area contributed by atoms with Crippen molar-refractivity contribution in [2.75, 3.05) is 13.2 Å². The molecular weight excluding hydrogens is 244 g/mol. The van der Waals surface area contributed by atoms with Gasteiger partial charge in [-0.2, -0.15) is 0 Å². The molecule has 0 aromatic heterocycles. The monoisotopic (exact) mass is 264 g/mol. The molecule has 0 N–H and O–H groups in total. The zero-order chi connectivity index (χ0) is 10.3. The van der Waals surface area contributed by atoms with Gasteiger partial charge in [0.1, 0.15) is 0 Å². The van der Waals surface area contributed by atoms with Crippen molar-refractivity contribution in [3.63, 3.8) is 0 Å². The highest BCUT2D eigenvalue weighted by molar-refractivity contribution is 9.09. The van der Waals surface area contributed by atoms with Crippen molar-refractivity contribution in [3.8, 4) is 0 Å². The van der Waals surface area contributed by atoms with Crippen molar-refractivity contribution in [1.29, 1.82) is 0 Å². The van der Waals surface area contributed by atoms with Gasteiger partial charge >= 0.3 is 0 Å². The van der Waals surface area contributed by atoms with Gasteiger partial charge in [-0.25, -0.2) is 0 Å². The highest BCUT2D eigenvalue weighted by atomic mass is 79.9. The lowest BCUT2D eigenvalue weighted by molar-refractivity contribution is 0.164. The summed E-state index contributed by atoms with van der Waals surface area (Å²) in [5.74, 6) is 0. The van der Waals surface area contributed by atoms with Crippen LogP contribution in [0.5, 0.6) is 0 Å². The van der Waals surface area contributed by atoms with Gasteiger partial charge in [-0.05, 0) is 6.42 Å². The zero-order valence-corrected chi connectivity index (χ0v) is 11.7. The fraction of sp³-hybridized carbons (Fsp3) is 0.800. The molecule has 78 valence electrons. The molecule has 0 aromatic rings. The van der Waals surface area contributed by atoms with Crippen LogP contribution in [0.15, 0.2) is 11.8 Å². The molecule has 3 heteroatoms. The quantitative estimate of drug-likeness (QED) is 0.405. The van der Waals surface area contributed by atoms with E-state index in [9.17, 15) is 0 Å². The third-order valence-corrected chi connectivity index (χ3v) is 3.72. The van der Waals surface area contributed by atoms with Crippen LogP contribution < -0.4 is 0 Å². The number of hydrogen-bond acceptors (Lipinski definition) is 1. The van der Waals surface area contributed by atoms with Gasteiger partial charge in [0, 0.05) is 4.83 Å². The lowest BCUT2D eigenvalue weighted by atomic mass is 10.4. The minimum absolute atomic E-state index is 0.507. The number of ether oxygens (including phenoxy) is 1. The Hall–Kier alpha value is 0.397. The second-order valence-electron chi connectivity index (χ2n) is 4.31. The van der Waals surface area contributed by atoms with Gasteiger partial charge < -0.3 is 4.74 Å². The van der Waals surface area contributed by atoms with Crippen LogP contribution in [0.2, 0.25) is 19.6 Å². The number of rotatable bonds is 6. The second-order valence-corrected chi connectivity index (χ2v) is 10.7. The van der Waals surface area contributed by atoms with Crippen molar-refractivity contribution < 1.29 is 4.74 Å². The molecule has 0 saturated heterocycles. The van der Waals surface area contributed by atoms with Crippen molar-refractivity contribution in [2.45, 2.75) is 37.8 Å². The van der Waals surface area contributed by atoms with Gasteiger partial charge in [-0.1, -0.05) is 54.3 Å². The van der Waals surface area contributed by atoms with Gasteiger partial charge in [-0.3, -0.25) is 0 Å². The fourth-order valence-electron chi connectivity index (χ4n) is 0.783. The molecular formula is C10H21BrOSi. The van der Waals surface area contributed by atoms with E-state index in [1.807, 2.05) is 0 Å². The lowest BCUT2D eigenvalue weighted by Gasteiger charge is -2.09. The first-order valence-corrected chi connectivity index (χ1v) is 9.34. The Morgan fingerprint density at radius 1 is 1.38 bits per heavy atom. The molecule has 1 atom stereocenters. The molecule has 0 saturated carbocycles. The third-order valence-electron chi connectivity index (χ3n) is 1.57. The first-order chi connectivity index (χ1) is 5.95. The standard InChI is InChI=1S/C10H21BrOSi/c1-5-10(11)9-12-7-6-8-13(2,3)4/h6,8,10H,5,7,9H2,1-4H3/b8-6+. The van der Waals surface area contributed by atoms with E-state index in [2.05, 4.69) is 54.3 Å². The van der Waals surface area contributed by atoms with Crippen LogP contribution in [0, 0.1) is 0 Å². The predicted octanol–water partition coefficient (Wildman–Crippen LogP) is 3.61. The maximum absolute atomic E-state index is 5.47. The highest BCUT2D eigenvalue weighted by Crippen LogP contribution is 2.05. The maximum Gasteiger partial charge on any atom is 0.0683 e. The van der Waals surface area contributed by atoms with Gasteiger partial charge in [0.2, 0.25) is 0 Å². The number of halogens is 1. The Labute approximate surface area is 91.7 Å². The average molecular weight is 265 g/mol. The molecule has 0 aliphatic rings. The number of alkyl halides is 1. The Bertz CT molecular complexity index is 151. The van der Waals surface area contributed by atoms with E-state index in [4.69, 9.17) is 4.74 Å². The maximum atomic E-state index is 5.47. The van der Waals surface area contributed by atoms with Gasteiger partial charge in [0.05, 0.1) is 21.3 Å². The molecule has 0 spiro atoms. The summed E-state index contributed by atoms with van der Waals surface area (Å²) < 4.78 is 5.47. The van der Waals surface area contributed by atoms with Gasteiger partial charge in [0.25, 0.3) is 0 Å². The molecule has 0 radical (unpaired) electrons. The van der Waals surface area contributed by atoms with E-state index < -0.39 is 8.07 Å². The first kappa shape index (κ1) is 13.4. The van der Waals surface area contributed by atoms with Gasteiger partial charge in [-0.15, -0.1) is 0 Å². The normalized spacial score (nSPS) is 15.2. The highest BCUT2D eigenvalue weighted by Gasteiger charge is 2.06. The Morgan fingerprint density at radius 2 is 2.00 bits per heavy atom. The molecule has 0 aromatic carbocycles. The lowest BCUT2D eigenvalue weighted by Crippen LogP contribution is -2.16. The molecule has 0 amide bonds. The molecule has 1 unspecified atom stereocenters. The van der Waals surface area contributed by atoms with Crippen molar-refractivity contribution in [3.05, 3.63) is 11.8 Å². The van der Waals surface area contributed by atoms with Crippen LogP contribution in [0.4, 0.5) is 0 Å². The molecule has 0 aliphatic heterocycles. The summed E-state index contributed by atoms with van der Waals surface area (Å²) in [6, 6.07) is 0. The molecule has 1 nitrogen and oxygen atoms in total. The largest absolute Gasteiger partial charge is 0.376 e. The molecule has 0 fully saturated rings. The summed E-state index contributed by atoms with van der Waals surface area (Å²) in [4.78, 5) is 0.507. The SMILES string of the molecule is CCC(Br)COC/C=C/[Si](C)(C)C. The topological polar surface area (TPSA) is 9.23 Å². The van der Waals surface area contributed by atoms with Crippen LogP contribution in [0.25, 0.3) is 0 Å². The fourth-order valence-corrected chi connectivity index (χ4v) is 1.77. The average Bonchev–Trinajstić information content (AvgIpc) is 2.01. The minimum Gasteiger partial charge on any atom is -0.376 e. The number of hydrogen-bond donors (Lipinski definition) is 0. The molecule has 13 heavy (non-hydrogen) atoms. The Kier molecular flexibility index (Phi) is 7.00. The molecule has 0 bridgehead atoms. The van der Waals surface area contributed by atoms with Crippen LogP contribution in [-0.4, -0.2) is 26.1 Å². The third kappa shape index (κ3) is 10.3. The smallest absolute Gasteiger partial charge is 0.0683 e. The Morgan fingerprint density at radius 3 is 2.46 bits per heavy atom. The van der Waals surface area contributed by atoms with Crippen LogP contribution in [-0.2, 0) is 4.74 Å². The second kappa shape index (κ2) is 6.79. The summed E-state index contributed by atoms with van der Waals surface area (Å²) in [6.45, 7) is 10.7. The van der Waals surface area contributed by atoms with Crippen LogP contribution >= 0.6 is 15.9 Å². The zero-order valence-electron chi connectivity index (χ0n) is 9.14. The van der Waals surface area contributed by atoms with Crippen molar-refractivity contribution >= 4 is 24.0 Å². The first-order valence-electron chi connectivity index (χ1n) is 4.85. The van der Waals surface area contributed by atoms with Crippen LogP contribution in [0.3, 0.4) is 0 Å². The van der Waals surface area contributed by atoms with E-state index in [0.717, 1.165) is 19.6 Å². The summed E-state index contributed by atoms with van der Waals surface area (Å²) in [7, 11) is -1.01. The van der Waals surface area contributed by atoms with Gasteiger partial charge in [0.15, 0.2) is 0 Å². The predicted molar refractivity (Wildman–Crippen MR) is 66.3 cm³/mol. The van der Waals surface area contributed by atoms with E-state index in [0.29, 0.717) is 4.83 Å². The van der Waals surface area contributed by atoms with E-state index >= 15 is 0 Å².